The van der Waals surface area contributed by atoms with Crippen LogP contribution in [0, 0.1) is 5.92 Å². The lowest BCUT2D eigenvalue weighted by molar-refractivity contribution is 0.530. The van der Waals surface area contributed by atoms with Crippen LogP contribution in [0.2, 0.25) is 0 Å². The van der Waals surface area contributed by atoms with Crippen molar-refractivity contribution in [1.82, 2.24) is 9.55 Å². The van der Waals surface area contributed by atoms with Crippen molar-refractivity contribution in [3.05, 3.63) is 59.9 Å². The third kappa shape index (κ3) is 3.51. The van der Waals surface area contributed by atoms with Crippen LogP contribution < -0.4 is 4.90 Å². The van der Waals surface area contributed by atoms with Gasteiger partial charge in [0.15, 0.2) is 0 Å². The maximum atomic E-state index is 4.79. The van der Waals surface area contributed by atoms with Gasteiger partial charge in [-0.15, -0.1) is 0 Å². The van der Waals surface area contributed by atoms with Crippen LogP contribution in [0.15, 0.2) is 48.5 Å². The molecule has 0 bridgehead atoms. The number of hydrogen-bond donors (Lipinski definition) is 0. The average molecular weight is 319 g/mol. The number of hydrogen-bond acceptors (Lipinski definition) is 2. The monoisotopic (exact) mass is 319 g/mol. The van der Waals surface area contributed by atoms with E-state index in [9.17, 15) is 0 Å². The molecule has 3 rings (SSSR count). The first kappa shape index (κ1) is 16.3. The van der Waals surface area contributed by atoms with Crippen molar-refractivity contribution in [2.45, 2.75) is 20.4 Å². The van der Waals surface area contributed by atoms with E-state index in [4.69, 9.17) is 4.98 Å². The molecule has 0 radical (unpaired) electrons. The Kier molecular flexibility index (Phi) is 4.70. The van der Waals surface area contributed by atoms with Crippen molar-refractivity contribution in [2.75, 3.05) is 19.0 Å². The standard InChI is InChI=1S/C21H25N3/c1-16(2)15-24-20-8-6-5-7-19(20)22-21(24)14-11-17-9-12-18(13-10-17)23(3)4/h5-14,16H,15H2,1-4H3/b14-11+. The third-order valence-corrected chi connectivity index (χ3v) is 4.07. The molecule has 0 spiro atoms. The van der Waals surface area contributed by atoms with Gasteiger partial charge in [0.05, 0.1) is 11.0 Å². The van der Waals surface area contributed by atoms with Crippen molar-refractivity contribution in [2.24, 2.45) is 5.92 Å². The molecule has 0 atom stereocenters. The number of anilines is 1. The van der Waals surface area contributed by atoms with Gasteiger partial charge in [0.1, 0.15) is 5.82 Å². The molecular formula is C21H25N3. The molecule has 0 amide bonds. The van der Waals surface area contributed by atoms with E-state index in [-0.39, 0.29) is 0 Å². The van der Waals surface area contributed by atoms with Gasteiger partial charge in [-0.2, -0.15) is 0 Å². The van der Waals surface area contributed by atoms with Crippen LogP contribution in [0.3, 0.4) is 0 Å². The minimum Gasteiger partial charge on any atom is -0.378 e. The molecule has 24 heavy (non-hydrogen) atoms. The van der Waals surface area contributed by atoms with Gasteiger partial charge in [-0.3, -0.25) is 0 Å². The van der Waals surface area contributed by atoms with Crippen LogP contribution in [0.5, 0.6) is 0 Å². The van der Waals surface area contributed by atoms with Gasteiger partial charge in [0.25, 0.3) is 0 Å². The first-order valence-electron chi connectivity index (χ1n) is 8.45. The lowest BCUT2D eigenvalue weighted by Gasteiger charge is -2.12. The zero-order chi connectivity index (χ0) is 17.1. The maximum absolute atomic E-state index is 4.79. The van der Waals surface area contributed by atoms with E-state index in [2.05, 4.69) is 92.0 Å². The van der Waals surface area contributed by atoms with Crippen molar-refractivity contribution in [1.29, 1.82) is 0 Å². The van der Waals surface area contributed by atoms with E-state index < -0.39 is 0 Å². The Bertz CT molecular complexity index is 839. The zero-order valence-electron chi connectivity index (χ0n) is 14.9. The smallest absolute Gasteiger partial charge is 0.133 e. The SMILES string of the molecule is CC(C)Cn1c(/C=C/c2ccc(N(C)C)cc2)nc2ccccc21. The Hall–Kier alpha value is -2.55. The van der Waals surface area contributed by atoms with Crippen LogP contribution in [-0.4, -0.2) is 23.6 Å². The molecule has 0 aliphatic carbocycles. The molecular weight excluding hydrogens is 294 g/mol. The molecule has 0 aliphatic heterocycles. The van der Waals surface area contributed by atoms with Crippen molar-refractivity contribution in [3.8, 4) is 0 Å². The molecule has 1 aromatic heterocycles. The van der Waals surface area contributed by atoms with Crippen LogP contribution in [0.25, 0.3) is 23.2 Å². The van der Waals surface area contributed by atoms with Gasteiger partial charge >= 0.3 is 0 Å². The minimum absolute atomic E-state index is 0.578. The molecule has 3 nitrogen and oxygen atoms in total. The van der Waals surface area contributed by atoms with E-state index in [0.717, 1.165) is 17.9 Å². The highest BCUT2D eigenvalue weighted by Gasteiger charge is 2.09. The summed E-state index contributed by atoms with van der Waals surface area (Å²) in [4.78, 5) is 6.90. The summed E-state index contributed by atoms with van der Waals surface area (Å²) in [6.45, 7) is 5.45. The summed E-state index contributed by atoms with van der Waals surface area (Å²) in [7, 11) is 4.11. The number of imidazole rings is 1. The Balaban J connectivity index is 1.93. The predicted molar refractivity (Wildman–Crippen MR) is 104 cm³/mol. The molecule has 0 aliphatic rings. The quantitative estimate of drug-likeness (QED) is 0.665. The van der Waals surface area contributed by atoms with Crippen LogP contribution in [-0.2, 0) is 6.54 Å². The number of para-hydroxylation sites is 2. The van der Waals surface area contributed by atoms with Gasteiger partial charge in [-0.1, -0.05) is 44.2 Å². The van der Waals surface area contributed by atoms with E-state index in [1.54, 1.807) is 0 Å². The summed E-state index contributed by atoms with van der Waals surface area (Å²) in [5.41, 5.74) is 4.65. The van der Waals surface area contributed by atoms with Crippen molar-refractivity contribution < 1.29 is 0 Å². The zero-order valence-corrected chi connectivity index (χ0v) is 14.9. The van der Waals surface area contributed by atoms with Gasteiger partial charge < -0.3 is 9.47 Å². The highest BCUT2D eigenvalue weighted by atomic mass is 15.1. The first-order chi connectivity index (χ1) is 11.5. The van der Waals surface area contributed by atoms with Gasteiger partial charge in [0, 0.05) is 26.3 Å². The van der Waals surface area contributed by atoms with Gasteiger partial charge in [-0.25, -0.2) is 4.98 Å². The topological polar surface area (TPSA) is 21.1 Å². The van der Waals surface area contributed by atoms with Crippen LogP contribution in [0.1, 0.15) is 25.2 Å². The maximum Gasteiger partial charge on any atom is 0.133 e. The van der Waals surface area contributed by atoms with Crippen LogP contribution >= 0.6 is 0 Å². The Morgan fingerprint density at radius 1 is 1.00 bits per heavy atom. The highest BCUT2D eigenvalue weighted by Crippen LogP contribution is 2.20. The highest BCUT2D eigenvalue weighted by molar-refractivity contribution is 5.80. The Morgan fingerprint density at radius 3 is 2.38 bits per heavy atom. The summed E-state index contributed by atoms with van der Waals surface area (Å²) in [6.07, 6.45) is 4.25. The fourth-order valence-electron chi connectivity index (χ4n) is 2.83. The summed E-state index contributed by atoms with van der Waals surface area (Å²) in [5.74, 6) is 1.59. The van der Waals surface area contributed by atoms with E-state index in [1.165, 1.54) is 16.8 Å². The first-order valence-corrected chi connectivity index (χ1v) is 8.45. The number of nitrogens with zero attached hydrogens (tertiary/aromatic N) is 3. The summed E-state index contributed by atoms with van der Waals surface area (Å²) >= 11 is 0. The predicted octanol–water partition coefficient (Wildman–Crippen LogP) is 4.93. The van der Waals surface area contributed by atoms with E-state index >= 15 is 0 Å². The second-order valence-corrected chi connectivity index (χ2v) is 6.78. The lowest BCUT2D eigenvalue weighted by Crippen LogP contribution is -2.07. The van der Waals surface area contributed by atoms with Gasteiger partial charge in [0.2, 0.25) is 0 Å². The van der Waals surface area contributed by atoms with Crippen molar-refractivity contribution in [3.63, 3.8) is 0 Å². The molecule has 1 heterocycles. The average Bonchev–Trinajstić information content (AvgIpc) is 2.90. The van der Waals surface area contributed by atoms with E-state index in [0.29, 0.717) is 5.92 Å². The largest absolute Gasteiger partial charge is 0.378 e. The molecule has 0 unspecified atom stereocenters. The normalized spacial score (nSPS) is 11.7. The second-order valence-electron chi connectivity index (χ2n) is 6.78. The number of benzene rings is 2. The molecule has 3 aromatic rings. The molecule has 124 valence electrons. The number of aromatic nitrogens is 2. The third-order valence-electron chi connectivity index (χ3n) is 4.07. The molecule has 0 N–H and O–H groups in total. The van der Waals surface area contributed by atoms with Crippen molar-refractivity contribution >= 4 is 28.9 Å². The van der Waals surface area contributed by atoms with E-state index in [1.807, 2.05) is 6.07 Å². The fraction of sp³-hybridized carbons (Fsp3) is 0.286. The fourth-order valence-corrected chi connectivity index (χ4v) is 2.83. The Labute approximate surface area is 144 Å². The molecule has 2 aromatic carbocycles. The minimum atomic E-state index is 0.578. The molecule has 0 fully saturated rings. The summed E-state index contributed by atoms with van der Waals surface area (Å²) < 4.78 is 2.31. The lowest BCUT2D eigenvalue weighted by atomic mass is 10.2. The summed E-state index contributed by atoms with van der Waals surface area (Å²) in [6, 6.07) is 16.9. The number of rotatable bonds is 5. The Morgan fingerprint density at radius 2 is 1.71 bits per heavy atom. The van der Waals surface area contributed by atoms with Gasteiger partial charge in [-0.05, 0) is 41.8 Å². The van der Waals surface area contributed by atoms with Crippen LogP contribution in [0.4, 0.5) is 5.69 Å². The summed E-state index contributed by atoms with van der Waals surface area (Å²) in [5, 5.41) is 0. The second kappa shape index (κ2) is 6.91. The molecule has 3 heteroatoms. The number of fused-ring (bicyclic) bond motifs is 1. The molecule has 0 saturated carbocycles. The molecule has 0 saturated heterocycles.